The minimum Gasteiger partial charge on any atom is -0.399 e. The van der Waals surface area contributed by atoms with Crippen molar-refractivity contribution in [2.45, 2.75) is 24.2 Å². The molecule has 1 aromatic carbocycles. The van der Waals surface area contributed by atoms with Crippen LogP contribution in [0.25, 0.3) is 0 Å². The molecule has 0 saturated carbocycles. The van der Waals surface area contributed by atoms with Crippen LogP contribution in [0.15, 0.2) is 17.0 Å². The first-order valence-corrected chi connectivity index (χ1v) is 7.22. The van der Waals surface area contributed by atoms with E-state index in [1.807, 2.05) is 0 Å². The van der Waals surface area contributed by atoms with E-state index >= 15 is 0 Å². The van der Waals surface area contributed by atoms with Crippen molar-refractivity contribution in [3.63, 3.8) is 0 Å². The summed E-state index contributed by atoms with van der Waals surface area (Å²) in [5.41, 5.74) is 5.02. The maximum absolute atomic E-state index is 13.5. The van der Waals surface area contributed by atoms with Crippen LogP contribution in [0.4, 0.5) is 14.5 Å². The molecular weight excluding hydrogens is 278 g/mol. The quantitative estimate of drug-likeness (QED) is 0.516. The molecule has 0 heterocycles. The van der Waals surface area contributed by atoms with Crippen LogP contribution >= 0.6 is 0 Å². The van der Waals surface area contributed by atoms with Gasteiger partial charge in [-0.25, -0.2) is 21.9 Å². The lowest BCUT2D eigenvalue weighted by molar-refractivity contribution is 0.283. The highest BCUT2D eigenvalue weighted by Crippen LogP contribution is 2.21. The van der Waals surface area contributed by atoms with Crippen molar-refractivity contribution in [3.05, 3.63) is 23.8 Å². The molecule has 5 nitrogen and oxygen atoms in total. The first kappa shape index (κ1) is 15.8. The van der Waals surface area contributed by atoms with Crippen molar-refractivity contribution in [1.29, 1.82) is 0 Å². The standard InChI is InChI=1S/C11H16F2N2O3S/c12-9-6-8(14)7-10(13)11(9)19(17,18)15-4-2-1-3-5-16/h6-7,15-16H,1-5,14H2. The molecule has 8 heteroatoms. The van der Waals surface area contributed by atoms with E-state index in [2.05, 4.69) is 4.72 Å². The second-order valence-corrected chi connectivity index (χ2v) is 5.70. The number of halogens is 2. The number of hydrogen-bond donors (Lipinski definition) is 3. The van der Waals surface area contributed by atoms with Gasteiger partial charge in [-0.1, -0.05) is 0 Å². The van der Waals surface area contributed by atoms with E-state index in [9.17, 15) is 17.2 Å². The van der Waals surface area contributed by atoms with Gasteiger partial charge in [-0.3, -0.25) is 0 Å². The highest BCUT2D eigenvalue weighted by atomic mass is 32.2. The first-order chi connectivity index (χ1) is 8.88. The fourth-order valence-electron chi connectivity index (χ4n) is 1.53. The van der Waals surface area contributed by atoms with E-state index in [1.165, 1.54) is 0 Å². The van der Waals surface area contributed by atoms with Gasteiger partial charge in [-0.05, 0) is 31.4 Å². The number of nitrogens with one attached hydrogen (secondary N) is 1. The summed E-state index contributed by atoms with van der Waals surface area (Å²) in [6.45, 7) is 0.0690. The average Bonchev–Trinajstić information content (AvgIpc) is 2.26. The smallest absolute Gasteiger partial charge is 0.246 e. The molecule has 0 aliphatic carbocycles. The molecule has 0 atom stereocenters. The first-order valence-electron chi connectivity index (χ1n) is 5.73. The zero-order chi connectivity index (χ0) is 14.5. The zero-order valence-corrected chi connectivity index (χ0v) is 11.0. The Kier molecular flexibility index (Phi) is 5.64. The Balaban J connectivity index is 2.78. The Morgan fingerprint density at radius 3 is 2.26 bits per heavy atom. The van der Waals surface area contributed by atoms with E-state index in [0.29, 0.717) is 19.3 Å². The number of sulfonamides is 1. The van der Waals surface area contributed by atoms with Gasteiger partial charge >= 0.3 is 0 Å². The highest BCUT2D eigenvalue weighted by Gasteiger charge is 2.24. The molecule has 0 aromatic heterocycles. The Hall–Kier alpha value is -1.25. The monoisotopic (exact) mass is 294 g/mol. The predicted molar refractivity (Wildman–Crippen MR) is 66.9 cm³/mol. The van der Waals surface area contributed by atoms with Crippen molar-refractivity contribution < 1.29 is 22.3 Å². The molecule has 0 spiro atoms. The maximum Gasteiger partial charge on any atom is 0.246 e. The van der Waals surface area contributed by atoms with Crippen molar-refractivity contribution in [3.8, 4) is 0 Å². The van der Waals surface area contributed by atoms with Gasteiger partial charge in [-0.15, -0.1) is 0 Å². The normalized spacial score (nSPS) is 11.7. The van der Waals surface area contributed by atoms with Gasteiger partial charge < -0.3 is 10.8 Å². The molecular formula is C11H16F2N2O3S. The number of anilines is 1. The van der Waals surface area contributed by atoms with Gasteiger partial charge in [0, 0.05) is 18.8 Å². The highest BCUT2D eigenvalue weighted by molar-refractivity contribution is 7.89. The van der Waals surface area contributed by atoms with Crippen LogP contribution in [0.1, 0.15) is 19.3 Å². The topological polar surface area (TPSA) is 92.4 Å². The Morgan fingerprint density at radius 2 is 1.74 bits per heavy atom. The van der Waals surface area contributed by atoms with E-state index in [0.717, 1.165) is 12.1 Å². The van der Waals surface area contributed by atoms with Gasteiger partial charge in [0.2, 0.25) is 10.0 Å². The minimum atomic E-state index is -4.24. The molecule has 0 bridgehead atoms. The maximum atomic E-state index is 13.5. The van der Waals surface area contributed by atoms with Crippen molar-refractivity contribution in [1.82, 2.24) is 4.72 Å². The summed E-state index contributed by atoms with van der Waals surface area (Å²) in [7, 11) is -4.24. The summed E-state index contributed by atoms with van der Waals surface area (Å²) in [6, 6.07) is 1.51. The number of hydrogen-bond acceptors (Lipinski definition) is 4. The summed E-state index contributed by atoms with van der Waals surface area (Å²) in [5, 5.41) is 8.55. The third kappa shape index (κ3) is 4.41. The van der Waals surface area contributed by atoms with Crippen molar-refractivity contribution in [2.75, 3.05) is 18.9 Å². The average molecular weight is 294 g/mol. The molecule has 1 rings (SSSR count). The summed E-state index contributed by atoms with van der Waals surface area (Å²) in [5.74, 6) is -2.44. The summed E-state index contributed by atoms with van der Waals surface area (Å²) >= 11 is 0. The van der Waals surface area contributed by atoms with E-state index in [4.69, 9.17) is 10.8 Å². The van der Waals surface area contributed by atoms with Crippen molar-refractivity contribution >= 4 is 15.7 Å². The van der Waals surface area contributed by atoms with Crippen LogP contribution in [-0.4, -0.2) is 26.7 Å². The molecule has 0 radical (unpaired) electrons. The SMILES string of the molecule is Nc1cc(F)c(S(=O)(=O)NCCCCCO)c(F)c1. The number of nitrogen functional groups attached to an aromatic ring is 1. The molecule has 0 saturated heterocycles. The molecule has 0 fully saturated rings. The zero-order valence-electron chi connectivity index (χ0n) is 10.2. The van der Waals surface area contributed by atoms with Crippen LogP contribution in [0.3, 0.4) is 0 Å². The van der Waals surface area contributed by atoms with Crippen LogP contribution in [-0.2, 0) is 10.0 Å². The van der Waals surface area contributed by atoms with Crippen LogP contribution in [0.5, 0.6) is 0 Å². The van der Waals surface area contributed by atoms with E-state index in [1.54, 1.807) is 0 Å². The largest absolute Gasteiger partial charge is 0.399 e. The van der Waals surface area contributed by atoms with Gasteiger partial charge in [-0.2, -0.15) is 0 Å². The lowest BCUT2D eigenvalue weighted by atomic mass is 10.2. The minimum absolute atomic E-state index is 0.0218. The fraction of sp³-hybridized carbons (Fsp3) is 0.455. The van der Waals surface area contributed by atoms with Crippen LogP contribution in [0, 0.1) is 11.6 Å². The molecule has 0 aliphatic heterocycles. The predicted octanol–water partition coefficient (Wildman–Crippen LogP) is 0.988. The molecule has 4 N–H and O–H groups in total. The summed E-state index contributed by atoms with van der Waals surface area (Å²) < 4.78 is 52.5. The molecule has 1 aromatic rings. The van der Waals surface area contributed by atoms with E-state index in [-0.39, 0.29) is 18.8 Å². The number of rotatable bonds is 7. The second-order valence-electron chi connectivity index (χ2n) is 4.00. The summed E-state index contributed by atoms with van der Waals surface area (Å²) in [6.07, 6.45) is 1.63. The van der Waals surface area contributed by atoms with Gasteiger partial charge in [0.25, 0.3) is 0 Å². The number of nitrogens with two attached hydrogens (primary N) is 1. The Morgan fingerprint density at radius 1 is 1.16 bits per heavy atom. The third-order valence-electron chi connectivity index (χ3n) is 2.42. The lowest BCUT2D eigenvalue weighted by Gasteiger charge is -2.09. The fourth-order valence-corrected chi connectivity index (χ4v) is 2.72. The van der Waals surface area contributed by atoms with Crippen LogP contribution in [0.2, 0.25) is 0 Å². The third-order valence-corrected chi connectivity index (χ3v) is 3.93. The number of benzene rings is 1. The molecule has 19 heavy (non-hydrogen) atoms. The molecule has 0 unspecified atom stereocenters. The van der Waals surface area contributed by atoms with Crippen LogP contribution < -0.4 is 10.5 Å². The molecule has 0 aliphatic rings. The lowest BCUT2D eigenvalue weighted by Crippen LogP contribution is -2.26. The summed E-state index contributed by atoms with van der Waals surface area (Å²) in [4.78, 5) is -1.02. The van der Waals surface area contributed by atoms with Gasteiger partial charge in [0.15, 0.2) is 4.90 Å². The Bertz CT molecular complexity index is 512. The number of aliphatic hydroxyl groups excluding tert-OH is 1. The molecule has 108 valence electrons. The Labute approximate surface area is 110 Å². The van der Waals surface area contributed by atoms with Crippen molar-refractivity contribution in [2.24, 2.45) is 0 Å². The number of unbranched alkanes of at least 4 members (excludes halogenated alkanes) is 2. The van der Waals surface area contributed by atoms with Gasteiger partial charge in [0.1, 0.15) is 11.6 Å². The second kappa shape index (κ2) is 6.78. The molecule has 0 amide bonds. The number of aliphatic hydroxyl groups is 1. The van der Waals surface area contributed by atoms with Gasteiger partial charge in [0.05, 0.1) is 0 Å². The van der Waals surface area contributed by atoms with E-state index < -0.39 is 26.6 Å².